The summed E-state index contributed by atoms with van der Waals surface area (Å²) in [4.78, 5) is 5.57. The normalized spacial score (nSPS) is 11.7. The number of fused-ring (bicyclic) bond motifs is 12. The molecule has 20 rings (SSSR count). The third kappa shape index (κ3) is 9.23. The molecule has 474 valence electrons. The minimum atomic E-state index is 0.552. The standard InChI is InChI=1S/C96H60N6/c97-61-81-92(64-43-51-69(52-44-64)99-84-35-15-7-27-73(84)74-28-8-16-36-85(74)99)94(66-47-55-71(56-48-66)101-88-39-19-11-31-77(88)78-32-12-20-40-89(78)101)96(68-59-82(62-23-3-1-4-24-62)98-83(60-68)63-25-5-2-6-26-63)95(67-49-57-72(58-50-67)102-90-41-21-13-33-79(90)80-34-14-22-42-91(80)102)93(81)65-45-53-70(54-46-65)100-86-37-17-9-29-75(86)76-30-10-18-38-87(76)100/h1-60H. The van der Waals surface area contributed by atoms with Crippen molar-refractivity contribution in [2.75, 3.05) is 0 Å². The van der Waals surface area contributed by atoms with Gasteiger partial charge in [-0.05, 0) is 154 Å². The third-order valence-corrected chi connectivity index (χ3v) is 20.8. The summed E-state index contributed by atoms with van der Waals surface area (Å²) in [6.07, 6.45) is 0. The van der Waals surface area contributed by atoms with Crippen LogP contribution in [0, 0.1) is 11.3 Å². The van der Waals surface area contributed by atoms with Crippen LogP contribution in [0.5, 0.6) is 0 Å². The summed E-state index contributed by atoms with van der Waals surface area (Å²) in [7, 11) is 0. The summed E-state index contributed by atoms with van der Waals surface area (Å²) in [6, 6.07) is 134. The average Bonchev–Trinajstić information content (AvgIpc) is 1.10. The monoisotopic (exact) mass is 1300 g/mol. The van der Waals surface area contributed by atoms with E-state index >= 15 is 0 Å². The number of para-hydroxylation sites is 8. The molecule has 6 heteroatoms. The van der Waals surface area contributed by atoms with Crippen LogP contribution >= 0.6 is 0 Å². The number of pyridine rings is 1. The van der Waals surface area contributed by atoms with Gasteiger partial charge in [0.15, 0.2) is 0 Å². The molecule has 0 aliphatic heterocycles. The lowest BCUT2D eigenvalue weighted by Crippen LogP contribution is -2.04. The summed E-state index contributed by atoms with van der Waals surface area (Å²) >= 11 is 0. The van der Waals surface area contributed by atoms with Gasteiger partial charge in [0.2, 0.25) is 0 Å². The topological polar surface area (TPSA) is 56.4 Å². The maximum Gasteiger partial charge on any atom is 0.100 e. The van der Waals surface area contributed by atoms with E-state index in [4.69, 9.17) is 4.98 Å². The molecule has 0 saturated heterocycles. The number of nitriles is 1. The smallest absolute Gasteiger partial charge is 0.100 e. The lowest BCUT2D eigenvalue weighted by molar-refractivity contribution is 1.18. The van der Waals surface area contributed by atoms with E-state index in [1.165, 1.54) is 43.1 Å². The Kier molecular flexibility index (Phi) is 13.6. The minimum absolute atomic E-state index is 0.552. The number of nitrogens with zero attached hydrogens (tertiary/aromatic N) is 6. The van der Waals surface area contributed by atoms with Crippen LogP contribution in [-0.4, -0.2) is 23.3 Å². The van der Waals surface area contributed by atoms with Gasteiger partial charge >= 0.3 is 0 Å². The summed E-state index contributed by atoms with van der Waals surface area (Å²) in [5.41, 5.74) is 26.3. The first kappa shape index (κ1) is 58.3. The minimum Gasteiger partial charge on any atom is -0.309 e. The van der Waals surface area contributed by atoms with Crippen molar-refractivity contribution in [1.29, 1.82) is 5.26 Å². The summed E-state index contributed by atoms with van der Waals surface area (Å²) in [6.45, 7) is 0. The maximum absolute atomic E-state index is 12.9. The Balaban J connectivity index is 0.923. The molecule has 6 nitrogen and oxygen atoms in total. The van der Waals surface area contributed by atoms with Crippen molar-refractivity contribution in [3.8, 4) is 107 Å². The molecular weight excluding hydrogens is 1240 g/mol. The molecule has 5 aromatic heterocycles. The van der Waals surface area contributed by atoms with Crippen LogP contribution < -0.4 is 0 Å². The second-order valence-corrected chi connectivity index (χ2v) is 26.4. The van der Waals surface area contributed by atoms with Crippen LogP contribution in [0.1, 0.15) is 5.56 Å². The highest BCUT2D eigenvalue weighted by Gasteiger charge is 2.31. The number of rotatable bonds is 11. The Bertz CT molecular complexity index is 6150. The van der Waals surface area contributed by atoms with Crippen molar-refractivity contribution in [1.82, 2.24) is 23.3 Å². The summed E-state index contributed by atoms with van der Waals surface area (Å²) in [5, 5.41) is 22.4. The van der Waals surface area contributed by atoms with E-state index in [-0.39, 0.29) is 0 Å². The van der Waals surface area contributed by atoms with Crippen LogP contribution in [0.3, 0.4) is 0 Å². The number of benzene rings is 15. The van der Waals surface area contributed by atoms with Gasteiger partial charge < -0.3 is 18.3 Å². The molecule has 20 aromatic rings. The SMILES string of the molecule is N#Cc1c(-c2ccc(-n3c4ccccc4c4ccccc43)cc2)c(-c2ccc(-n3c4ccccc4c4ccccc43)cc2)c(-c2cc(-c3ccccc3)nc(-c3ccccc3)c2)c(-c2ccc(-n3c4ccccc4c4ccccc43)cc2)c1-c1ccc(-n2c3ccccc3c3ccccc32)cc1. The van der Waals surface area contributed by atoms with Gasteiger partial charge in [-0.3, -0.25) is 0 Å². The van der Waals surface area contributed by atoms with Crippen LogP contribution in [-0.2, 0) is 0 Å². The van der Waals surface area contributed by atoms with E-state index in [2.05, 4.69) is 388 Å². The predicted octanol–water partition coefficient (Wildman–Crippen LogP) is 25.0. The highest BCUT2D eigenvalue weighted by atomic mass is 15.0. The zero-order chi connectivity index (χ0) is 67.4. The second-order valence-electron chi connectivity index (χ2n) is 26.4. The number of hydrogen-bond donors (Lipinski definition) is 0. The Morgan fingerprint density at radius 2 is 0.402 bits per heavy atom. The first-order chi connectivity index (χ1) is 50.6. The molecule has 0 amide bonds. The van der Waals surface area contributed by atoms with Gasteiger partial charge in [0.25, 0.3) is 0 Å². The zero-order valence-electron chi connectivity index (χ0n) is 55.3. The van der Waals surface area contributed by atoms with Gasteiger partial charge in [-0.25, -0.2) is 4.98 Å². The van der Waals surface area contributed by atoms with Crippen LogP contribution in [0.25, 0.3) is 188 Å². The van der Waals surface area contributed by atoms with Crippen molar-refractivity contribution in [3.63, 3.8) is 0 Å². The van der Waals surface area contributed by atoms with Gasteiger partial charge in [-0.15, -0.1) is 0 Å². The maximum atomic E-state index is 12.9. The van der Waals surface area contributed by atoms with E-state index in [9.17, 15) is 5.26 Å². The quantitative estimate of drug-likeness (QED) is 0.130. The van der Waals surface area contributed by atoms with Gasteiger partial charge in [-0.1, -0.05) is 255 Å². The molecule has 15 aromatic carbocycles. The molecule has 0 aliphatic carbocycles. The van der Waals surface area contributed by atoms with E-state index in [0.717, 1.165) is 145 Å². The van der Waals surface area contributed by atoms with Crippen molar-refractivity contribution in [2.24, 2.45) is 0 Å². The van der Waals surface area contributed by atoms with Crippen LogP contribution in [0.4, 0.5) is 0 Å². The molecule has 0 spiro atoms. The van der Waals surface area contributed by atoms with Gasteiger partial charge in [-0.2, -0.15) is 5.26 Å². The first-order valence-electron chi connectivity index (χ1n) is 34.7. The highest BCUT2D eigenvalue weighted by molar-refractivity contribution is 6.15. The molecule has 0 unspecified atom stereocenters. The van der Waals surface area contributed by atoms with Crippen molar-refractivity contribution < 1.29 is 0 Å². The average molecular weight is 1300 g/mol. The second kappa shape index (κ2) is 23.7. The van der Waals surface area contributed by atoms with Crippen LogP contribution in [0.2, 0.25) is 0 Å². The highest BCUT2D eigenvalue weighted by Crippen LogP contribution is 2.54. The Morgan fingerprint density at radius 3 is 0.637 bits per heavy atom. The van der Waals surface area contributed by atoms with E-state index in [1.807, 2.05) is 0 Å². The van der Waals surface area contributed by atoms with Gasteiger partial charge in [0, 0.05) is 88.1 Å². The van der Waals surface area contributed by atoms with E-state index in [0.29, 0.717) is 5.56 Å². The molecule has 0 saturated carbocycles. The lowest BCUT2D eigenvalue weighted by Gasteiger charge is -2.27. The van der Waals surface area contributed by atoms with E-state index in [1.54, 1.807) is 0 Å². The summed E-state index contributed by atoms with van der Waals surface area (Å²) < 4.78 is 9.48. The van der Waals surface area contributed by atoms with Gasteiger partial charge in [0.1, 0.15) is 6.07 Å². The Hall–Kier alpha value is -13.9. The predicted molar refractivity (Wildman–Crippen MR) is 424 cm³/mol. The zero-order valence-corrected chi connectivity index (χ0v) is 55.3. The molecule has 0 fully saturated rings. The fourth-order valence-electron chi connectivity index (χ4n) is 16.4. The summed E-state index contributed by atoms with van der Waals surface area (Å²) in [5.74, 6) is 0. The van der Waals surface area contributed by atoms with E-state index < -0.39 is 0 Å². The molecule has 0 aliphatic rings. The largest absolute Gasteiger partial charge is 0.309 e. The molecule has 0 radical (unpaired) electrons. The van der Waals surface area contributed by atoms with Gasteiger partial charge in [0.05, 0.1) is 61.1 Å². The fourth-order valence-corrected chi connectivity index (χ4v) is 16.4. The lowest BCUT2D eigenvalue weighted by atomic mass is 9.75. The fraction of sp³-hybridized carbons (Fsp3) is 0. The third-order valence-electron chi connectivity index (χ3n) is 20.8. The Labute approximate surface area is 588 Å². The number of hydrogen-bond acceptors (Lipinski definition) is 2. The molecular formula is C96H60N6. The molecule has 102 heavy (non-hydrogen) atoms. The Morgan fingerprint density at radius 1 is 0.196 bits per heavy atom. The van der Waals surface area contributed by atoms with Crippen molar-refractivity contribution in [3.05, 3.63) is 370 Å². The first-order valence-corrected chi connectivity index (χ1v) is 34.7. The number of aromatic nitrogens is 5. The molecule has 5 heterocycles. The van der Waals surface area contributed by atoms with Crippen molar-refractivity contribution >= 4 is 87.2 Å². The molecule has 0 N–H and O–H groups in total. The molecule has 0 atom stereocenters. The van der Waals surface area contributed by atoms with Crippen LogP contribution in [0.15, 0.2) is 364 Å². The van der Waals surface area contributed by atoms with Crippen molar-refractivity contribution in [2.45, 2.75) is 0 Å². The molecule has 0 bridgehead atoms.